The maximum Gasteiger partial charge on any atom is 0.127 e. The first-order valence-corrected chi connectivity index (χ1v) is 6.83. The Balaban J connectivity index is 2.83. The van der Waals surface area contributed by atoms with E-state index >= 15 is 0 Å². The molecule has 0 aliphatic rings. The minimum Gasteiger partial charge on any atom is -0.497 e. The van der Waals surface area contributed by atoms with Crippen LogP contribution in [0.4, 0.5) is 0 Å². The molecule has 1 aromatic rings. The van der Waals surface area contributed by atoms with Gasteiger partial charge in [0, 0.05) is 24.8 Å². The maximum absolute atomic E-state index is 9.67. The van der Waals surface area contributed by atoms with E-state index < -0.39 is 6.10 Å². The van der Waals surface area contributed by atoms with E-state index in [0.29, 0.717) is 5.75 Å². The predicted octanol–water partition coefficient (Wildman–Crippen LogP) is 1.75. The van der Waals surface area contributed by atoms with Crippen molar-refractivity contribution in [1.29, 1.82) is 0 Å². The Kier molecular flexibility index (Phi) is 7.36. The van der Waals surface area contributed by atoms with Crippen molar-refractivity contribution in [2.24, 2.45) is 0 Å². The number of benzene rings is 1. The lowest BCUT2D eigenvalue weighted by Gasteiger charge is -2.19. The van der Waals surface area contributed by atoms with Gasteiger partial charge in [0.1, 0.15) is 24.2 Å². The van der Waals surface area contributed by atoms with E-state index in [-0.39, 0.29) is 19.3 Å². The van der Waals surface area contributed by atoms with E-state index in [0.717, 1.165) is 17.9 Å². The summed E-state index contributed by atoms with van der Waals surface area (Å²) < 4.78 is 15.8. The Hall–Kier alpha value is -1.30. The highest BCUT2D eigenvalue weighted by atomic mass is 16.5. The van der Waals surface area contributed by atoms with Gasteiger partial charge in [-0.2, -0.15) is 0 Å². The second kappa shape index (κ2) is 8.79. The Bertz CT molecular complexity index is 397. The Morgan fingerprint density at radius 1 is 1.25 bits per heavy atom. The van der Waals surface area contributed by atoms with Crippen LogP contribution in [0.1, 0.15) is 25.5 Å². The molecule has 2 N–H and O–H groups in total. The Morgan fingerprint density at radius 3 is 2.60 bits per heavy atom. The minimum absolute atomic E-state index is 0.167. The first-order chi connectivity index (χ1) is 9.62. The summed E-state index contributed by atoms with van der Waals surface area (Å²) in [5.74, 6) is 1.45. The first-order valence-electron chi connectivity index (χ1n) is 6.83. The normalized spacial score (nSPS) is 13.8. The van der Waals surface area contributed by atoms with E-state index in [9.17, 15) is 5.11 Å². The van der Waals surface area contributed by atoms with Crippen LogP contribution in [0.2, 0.25) is 0 Å². The Morgan fingerprint density at radius 2 is 2.00 bits per heavy atom. The molecule has 0 saturated heterocycles. The zero-order valence-electron chi connectivity index (χ0n) is 12.7. The molecule has 0 fully saturated rings. The van der Waals surface area contributed by atoms with Crippen molar-refractivity contribution in [3.05, 3.63) is 23.8 Å². The van der Waals surface area contributed by atoms with Gasteiger partial charge in [0.25, 0.3) is 0 Å². The van der Waals surface area contributed by atoms with Gasteiger partial charge in [-0.15, -0.1) is 0 Å². The molecular weight excluding hydrogens is 258 g/mol. The van der Waals surface area contributed by atoms with Crippen LogP contribution < -0.4 is 14.8 Å². The highest BCUT2D eigenvalue weighted by Crippen LogP contribution is 2.29. The molecule has 2 atom stereocenters. The van der Waals surface area contributed by atoms with Crippen molar-refractivity contribution >= 4 is 0 Å². The number of methoxy groups -OCH3 is 2. The highest BCUT2D eigenvalue weighted by Gasteiger charge is 2.13. The van der Waals surface area contributed by atoms with Gasteiger partial charge in [-0.25, -0.2) is 0 Å². The van der Waals surface area contributed by atoms with Crippen molar-refractivity contribution in [1.82, 2.24) is 5.32 Å². The van der Waals surface area contributed by atoms with Gasteiger partial charge >= 0.3 is 0 Å². The average molecular weight is 283 g/mol. The van der Waals surface area contributed by atoms with Gasteiger partial charge in [-0.1, -0.05) is 13.0 Å². The minimum atomic E-state index is -0.645. The number of aliphatic hydroxyl groups excluding tert-OH is 1. The van der Waals surface area contributed by atoms with Crippen LogP contribution in [0, 0.1) is 0 Å². The number of aliphatic hydroxyl groups is 1. The SMILES string of the molecule is CCNC(C)c1ccc(OC)cc1OCC(O)COC. The quantitative estimate of drug-likeness (QED) is 0.723. The average Bonchev–Trinajstić information content (AvgIpc) is 2.45. The number of ether oxygens (including phenoxy) is 3. The second-order valence-electron chi connectivity index (χ2n) is 4.60. The third kappa shape index (κ3) is 5.00. The largest absolute Gasteiger partial charge is 0.497 e. The van der Waals surface area contributed by atoms with Crippen LogP contribution in [0.3, 0.4) is 0 Å². The number of nitrogens with one attached hydrogen (secondary N) is 1. The molecular formula is C15H25NO4. The third-order valence-corrected chi connectivity index (χ3v) is 2.99. The predicted molar refractivity (Wildman–Crippen MR) is 78.5 cm³/mol. The molecule has 0 amide bonds. The summed E-state index contributed by atoms with van der Waals surface area (Å²) in [4.78, 5) is 0. The van der Waals surface area contributed by atoms with Gasteiger partial charge in [0.2, 0.25) is 0 Å². The molecule has 0 radical (unpaired) electrons. The fraction of sp³-hybridized carbons (Fsp3) is 0.600. The molecule has 0 heterocycles. The molecule has 0 aliphatic heterocycles. The molecule has 1 rings (SSSR count). The third-order valence-electron chi connectivity index (χ3n) is 2.99. The summed E-state index contributed by atoms with van der Waals surface area (Å²) in [5, 5.41) is 13.0. The van der Waals surface area contributed by atoms with Crippen molar-refractivity contribution in [3.63, 3.8) is 0 Å². The van der Waals surface area contributed by atoms with Crippen LogP contribution in [-0.4, -0.2) is 45.2 Å². The molecule has 0 saturated carbocycles. The summed E-state index contributed by atoms with van der Waals surface area (Å²) in [6.07, 6.45) is -0.645. The molecule has 114 valence electrons. The van der Waals surface area contributed by atoms with Gasteiger partial charge in [-0.3, -0.25) is 0 Å². The van der Waals surface area contributed by atoms with Crippen LogP contribution in [0.5, 0.6) is 11.5 Å². The van der Waals surface area contributed by atoms with E-state index in [1.165, 1.54) is 0 Å². The van der Waals surface area contributed by atoms with E-state index in [1.807, 2.05) is 18.2 Å². The maximum atomic E-state index is 9.67. The molecule has 5 nitrogen and oxygen atoms in total. The smallest absolute Gasteiger partial charge is 0.127 e. The molecule has 5 heteroatoms. The first kappa shape index (κ1) is 16.8. The lowest BCUT2D eigenvalue weighted by molar-refractivity contribution is 0.0321. The van der Waals surface area contributed by atoms with Gasteiger partial charge in [-0.05, 0) is 19.5 Å². The summed E-state index contributed by atoms with van der Waals surface area (Å²) in [6, 6.07) is 5.88. The molecule has 20 heavy (non-hydrogen) atoms. The van der Waals surface area contributed by atoms with E-state index in [2.05, 4.69) is 19.2 Å². The van der Waals surface area contributed by atoms with Crippen LogP contribution in [0.15, 0.2) is 18.2 Å². The van der Waals surface area contributed by atoms with Gasteiger partial charge < -0.3 is 24.6 Å². The Labute approximate surface area is 120 Å². The fourth-order valence-electron chi connectivity index (χ4n) is 1.97. The standard InChI is InChI=1S/C15H25NO4/c1-5-16-11(2)14-7-6-13(19-4)8-15(14)20-10-12(17)9-18-3/h6-8,11-12,16-17H,5,9-10H2,1-4H3. The zero-order valence-corrected chi connectivity index (χ0v) is 12.7. The lowest BCUT2D eigenvalue weighted by Crippen LogP contribution is -2.24. The van der Waals surface area contributed by atoms with Gasteiger partial charge in [0.15, 0.2) is 0 Å². The van der Waals surface area contributed by atoms with E-state index in [4.69, 9.17) is 14.2 Å². The van der Waals surface area contributed by atoms with Crippen LogP contribution in [-0.2, 0) is 4.74 Å². The topological polar surface area (TPSA) is 60.0 Å². The number of rotatable bonds is 9. The molecule has 0 spiro atoms. The number of hydrogen-bond donors (Lipinski definition) is 2. The molecule has 0 aromatic heterocycles. The zero-order chi connectivity index (χ0) is 15.0. The van der Waals surface area contributed by atoms with Gasteiger partial charge in [0.05, 0.1) is 13.7 Å². The summed E-state index contributed by atoms with van der Waals surface area (Å²) in [5.41, 5.74) is 1.04. The van der Waals surface area contributed by atoms with Crippen molar-refractivity contribution in [2.75, 3.05) is 34.0 Å². The molecule has 0 aliphatic carbocycles. The lowest BCUT2D eigenvalue weighted by atomic mass is 10.1. The van der Waals surface area contributed by atoms with Crippen LogP contribution >= 0.6 is 0 Å². The monoisotopic (exact) mass is 283 g/mol. The van der Waals surface area contributed by atoms with Crippen molar-refractivity contribution in [3.8, 4) is 11.5 Å². The fourth-order valence-corrected chi connectivity index (χ4v) is 1.97. The van der Waals surface area contributed by atoms with Crippen LogP contribution in [0.25, 0.3) is 0 Å². The highest BCUT2D eigenvalue weighted by molar-refractivity contribution is 5.42. The van der Waals surface area contributed by atoms with Crippen molar-refractivity contribution in [2.45, 2.75) is 26.0 Å². The molecule has 2 unspecified atom stereocenters. The van der Waals surface area contributed by atoms with Crippen molar-refractivity contribution < 1.29 is 19.3 Å². The summed E-state index contributed by atoms with van der Waals surface area (Å²) >= 11 is 0. The summed E-state index contributed by atoms with van der Waals surface area (Å²) in [6.45, 7) is 5.44. The molecule has 0 bridgehead atoms. The molecule has 1 aromatic carbocycles. The second-order valence-corrected chi connectivity index (χ2v) is 4.60. The number of hydrogen-bond acceptors (Lipinski definition) is 5. The van der Waals surface area contributed by atoms with E-state index in [1.54, 1.807) is 14.2 Å². The summed E-state index contributed by atoms with van der Waals surface area (Å²) in [7, 11) is 3.17.